The SMILES string of the molecule is O=C(c1cnon1)N1C[C@H]2CN(C(=O)c3cccnc3)[C@H](c3cccc(F)c3)[C@H]2C1. The van der Waals surface area contributed by atoms with Gasteiger partial charge in [-0.05, 0) is 35.0 Å². The van der Waals surface area contributed by atoms with Gasteiger partial charge in [0.25, 0.3) is 11.8 Å². The van der Waals surface area contributed by atoms with Gasteiger partial charge in [0.1, 0.15) is 12.0 Å². The summed E-state index contributed by atoms with van der Waals surface area (Å²) in [6.07, 6.45) is 4.44. The number of likely N-dealkylation sites (tertiary alicyclic amines) is 2. The Morgan fingerprint density at radius 3 is 2.70 bits per heavy atom. The summed E-state index contributed by atoms with van der Waals surface area (Å²) >= 11 is 0. The summed E-state index contributed by atoms with van der Waals surface area (Å²) in [5.74, 6) is -0.706. The average molecular weight is 407 g/mol. The van der Waals surface area contributed by atoms with Gasteiger partial charge < -0.3 is 9.80 Å². The van der Waals surface area contributed by atoms with Crippen LogP contribution in [0.3, 0.4) is 0 Å². The molecule has 0 radical (unpaired) electrons. The van der Waals surface area contributed by atoms with Crippen LogP contribution in [0.1, 0.15) is 32.5 Å². The lowest BCUT2D eigenvalue weighted by molar-refractivity contribution is 0.0673. The van der Waals surface area contributed by atoms with E-state index in [9.17, 15) is 14.0 Å². The molecule has 0 saturated carbocycles. The average Bonchev–Trinajstić information content (AvgIpc) is 3.49. The number of fused-ring (bicyclic) bond motifs is 1. The molecule has 0 unspecified atom stereocenters. The van der Waals surface area contributed by atoms with E-state index >= 15 is 0 Å². The Bertz CT molecular complexity index is 1080. The molecule has 1 aromatic carbocycles. The van der Waals surface area contributed by atoms with E-state index in [1.165, 1.54) is 24.5 Å². The Labute approximate surface area is 171 Å². The van der Waals surface area contributed by atoms with Gasteiger partial charge in [0.15, 0.2) is 5.69 Å². The fraction of sp³-hybridized carbons (Fsp3) is 0.286. The van der Waals surface area contributed by atoms with Gasteiger partial charge >= 0.3 is 0 Å². The molecular weight excluding hydrogens is 389 g/mol. The van der Waals surface area contributed by atoms with Crippen molar-refractivity contribution in [3.63, 3.8) is 0 Å². The lowest BCUT2D eigenvalue weighted by Gasteiger charge is -2.30. The van der Waals surface area contributed by atoms with Crippen LogP contribution in [0.2, 0.25) is 0 Å². The maximum absolute atomic E-state index is 14.0. The van der Waals surface area contributed by atoms with E-state index in [2.05, 4.69) is 19.9 Å². The Morgan fingerprint density at radius 2 is 1.97 bits per heavy atom. The number of hydrogen-bond donors (Lipinski definition) is 0. The molecule has 2 fully saturated rings. The second-order valence-corrected chi connectivity index (χ2v) is 7.63. The zero-order valence-electron chi connectivity index (χ0n) is 15.9. The number of amides is 2. The minimum atomic E-state index is -0.357. The van der Waals surface area contributed by atoms with Crippen molar-refractivity contribution in [3.05, 3.63) is 77.6 Å². The third kappa shape index (κ3) is 3.12. The van der Waals surface area contributed by atoms with E-state index in [0.717, 1.165) is 5.56 Å². The minimum absolute atomic E-state index is 0.0174. The predicted octanol–water partition coefficient (Wildman–Crippen LogP) is 2.19. The highest BCUT2D eigenvalue weighted by Crippen LogP contribution is 2.45. The Hall–Kier alpha value is -3.62. The number of carbonyl (C=O) groups excluding carboxylic acids is 2. The first-order valence-electron chi connectivity index (χ1n) is 9.65. The zero-order chi connectivity index (χ0) is 20.7. The van der Waals surface area contributed by atoms with Crippen LogP contribution in [0, 0.1) is 17.7 Å². The molecule has 4 heterocycles. The summed E-state index contributed by atoms with van der Waals surface area (Å²) in [5.41, 5.74) is 1.36. The van der Waals surface area contributed by atoms with Crippen molar-refractivity contribution in [1.29, 1.82) is 0 Å². The topological polar surface area (TPSA) is 92.4 Å². The molecule has 3 aromatic rings. The third-order valence-corrected chi connectivity index (χ3v) is 5.89. The summed E-state index contributed by atoms with van der Waals surface area (Å²) in [5, 5.41) is 7.12. The molecule has 8 nitrogen and oxygen atoms in total. The van der Waals surface area contributed by atoms with E-state index in [0.29, 0.717) is 25.2 Å². The minimum Gasteiger partial charge on any atom is -0.336 e. The number of halogens is 1. The van der Waals surface area contributed by atoms with Crippen LogP contribution < -0.4 is 0 Å². The third-order valence-electron chi connectivity index (χ3n) is 5.89. The summed E-state index contributed by atoms with van der Waals surface area (Å²) in [4.78, 5) is 33.4. The first-order chi connectivity index (χ1) is 14.6. The number of rotatable bonds is 3. The van der Waals surface area contributed by atoms with E-state index in [4.69, 9.17) is 0 Å². The molecule has 30 heavy (non-hydrogen) atoms. The van der Waals surface area contributed by atoms with Crippen LogP contribution in [0.5, 0.6) is 0 Å². The first kappa shape index (κ1) is 18.4. The summed E-state index contributed by atoms with van der Waals surface area (Å²) in [6, 6.07) is 9.41. The zero-order valence-corrected chi connectivity index (χ0v) is 15.9. The monoisotopic (exact) mass is 407 g/mol. The normalized spacial score (nSPS) is 22.9. The first-order valence-corrected chi connectivity index (χ1v) is 9.65. The highest BCUT2D eigenvalue weighted by Gasteiger charge is 2.50. The second-order valence-electron chi connectivity index (χ2n) is 7.63. The molecular formula is C21H18FN5O3. The lowest BCUT2D eigenvalue weighted by atomic mass is 9.89. The molecule has 2 aromatic heterocycles. The van der Waals surface area contributed by atoms with Crippen molar-refractivity contribution < 1.29 is 18.6 Å². The quantitative estimate of drug-likeness (QED) is 0.661. The Morgan fingerprint density at radius 1 is 1.07 bits per heavy atom. The van der Waals surface area contributed by atoms with Crippen molar-refractivity contribution in [1.82, 2.24) is 25.1 Å². The lowest BCUT2D eigenvalue weighted by Crippen LogP contribution is -2.37. The van der Waals surface area contributed by atoms with Crippen LogP contribution in [0.15, 0.2) is 59.6 Å². The highest BCUT2D eigenvalue weighted by atomic mass is 19.1. The van der Waals surface area contributed by atoms with Crippen LogP contribution in [-0.4, -0.2) is 56.5 Å². The molecule has 2 aliphatic heterocycles. The number of nitrogens with zero attached hydrogens (tertiary/aromatic N) is 5. The van der Waals surface area contributed by atoms with E-state index < -0.39 is 0 Å². The van der Waals surface area contributed by atoms with Crippen LogP contribution in [0.25, 0.3) is 0 Å². The molecule has 9 heteroatoms. The molecule has 0 aliphatic carbocycles. The summed E-state index contributed by atoms with van der Waals surface area (Å²) < 4.78 is 18.5. The fourth-order valence-corrected chi connectivity index (χ4v) is 4.61. The standard InChI is InChI=1S/C21H18FN5O3/c22-16-5-1-3-13(7-16)19-17-12-26(21(29)18-9-24-30-25-18)10-15(17)11-27(19)20(28)14-4-2-6-23-8-14/h1-9,15,17,19H,10-12H2/t15-,17-,19+/m0/s1. The number of carbonyl (C=O) groups is 2. The van der Waals surface area contributed by atoms with Gasteiger partial charge in [0.05, 0.1) is 11.6 Å². The van der Waals surface area contributed by atoms with Gasteiger partial charge in [-0.1, -0.05) is 17.3 Å². The number of aromatic nitrogens is 3. The van der Waals surface area contributed by atoms with Gasteiger partial charge in [0.2, 0.25) is 0 Å². The molecule has 152 valence electrons. The maximum Gasteiger partial charge on any atom is 0.277 e. The van der Waals surface area contributed by atoms with Gasteiger partial charge in [-0.25, -0.2) is 9.02 Å². The Kier molecular flexibility index (Phi) is 4.50. The number of benzene rings is 1. The largest absolute Gasteiger partial charge is 0.336 e. The number of hydrogen-bond acceptors (Lipinski definition) is 6. The number of pyridine rings is 1. The van der Waals surface area contributed by atoms with Crippen LogP contribution in [0.4, 0.5) is 4.39 Å². The van der Waals surface area contributed by atoms with Gasteiger partial charge in [-0.15, -0.1) is 0 Å². The molecule has 5 rings (SSSR count). The second kappa shape index (κ2) is 7.33. The molecule has 2 amide bonds. The highest BCUT2D eigenvalue weighted by molar-refractivity contribution is 5.95. The van der Waals surface area contributed by atoms with Crippen molar-refractivity contribution in [2.45, 2.75) is 6.04 Å². The van der Waals surface area contributed by atoms with Gasteiger partial charge in [-0.3, -0.25) is 14.6 Å². The van der Waals surface area contributed by atoms with Crippen molar-refractivity contribution in [2.75, 3.05) is 19.6 Å². The molecule has 0 N–H and O–H groups in total. The van der Waals surface area contributed by atoms with Crippen molar-refractivity contribution in [2.24, 2.45) is 11.8 Å². The van der Waals surface area contributed by atoms with E-state index in [1.807, 2.05) is 6.07 Å². The summed E-state index contributed by atoms with van der Waals surface area (Å²) in [7, 11) is 0. The van der Waals surface area contributed by atoms with Gasteiger partial charge in [-0.2, -0.15) is 0 Å². The fourth-order valence-electron chi connectivity index (χ4n) is 4.61. The molecule has 0 bridgehead atoms. The maximum atomic E-state index is 14.0. The van der Waals surface area contributed by atoms with Crippen LogP contribution in [-0.2, 0) is 0 Å². The van der Waals surface area contributed by atoms with Crippen LogP contribution >= 0.6 is 0 Å². The molecule has 3 atom stereocenters. The van der Waals surface area contributed by atoms with Crippen molar-refractivity contribution >= 4 is 11.8 Å². The smallest absolute Gasteiger partial charge is 0.277 e. The molecule has 0 spiro atoms. The molecule has 2 saturated heterocycles. The Balaban J connectivity index is 1.46. The van der Waals surface area contributed by atoms with Gasteiger partial charge in [0, 0.05) is 43.9 Å². The predicted molar refractivity (Wildman–Crippen MR) is 102 cm³/mol. The van der Waals surface area contributed by atoms with Crippen molar-refractivity contribution in [3.8, 4) is 0 Å². The van der Waals surface area contributed by atoms with E-state index in [-0.39, 0.29) is 41.2 Å². The molecule has 2 aliphatic rings. The van der Waals surface area contributed by atoms with E-state index in [1.54, 1.807) is 34.2 Å². The summed E-state index contributed by atoms with van der Waals surface area (Å²) in [6.45, 7) is 1.40.